The van der Waals surface area contributed by atoms with Gasteiger partial charge in [0.05, 0.1) is 5.41 Å². The van der Waals surface area contributed by atoms with Crippen LogP contribution >= 0.6 is 15.9 Å². The number of ketones is 2. The summed E-state index contributed by atoms with van der Waals surface area (Å²) in [6.07, 6.45) is 10.8. The van der Waals surface area contributed by atoms with Gasteiger partial charge in [0, 0.05) is 15.8 Å². The first-order valence-electron chi connectivity index (χ1n) is 15.9. The van der Waals surface area contributed by atoms with Crippen molar-refractivity contribution in [2.24, 2.45) is 50.2 Å². The Bertz CT molecular complexity index is 1440. The second kappa shape index (κ2) is 9.25. The predicted molar refractivity (Wildman–Crippen MR) is 170 cm³/mol. The number of carbonyl (C=O) groups excluding carboxylic acids is 2. The number of rotatable bonds is 2. The van der Waals surface area contributed by atoms with Gasteiger partial charge in [-0.2, -0.15) is 0 Å². The summed E-state index contributed by atoms with van der Waals surface area (Å²) < 4.78 is 1.00. The van der Waals surface area contributed by atoms with E-state index in [1.54, 1.807) is 0 Å². The van der Waals surface area contributed by atoms with E-state index in [-0.39, 0.29) is 51.0 Å². The van der Waals surface area contributed by atoms with Crippen LogP contribution in [0.3, 0.4) is 0 Å². The molecular formula is C37H47BrO4. The SMILES string of the molecule is CC1(C)C(=O)/C(=C/c2ccc(Br)cc2)C[C@]2(C)[C@H]3C(=O)C=C4[C@@H]5C[C@@](C)(C(=O)O)CC[C@]5(C)CC[C@@]4(C)[C@]3(C)CC[C@@H]12. The van der Waals surface area contributed by atoms with Crippen LogP contribution in [-0.4, -0.2) is 22.6 Å². The Labute approximate surface area is 259 Å². The maximum atomic E-state index is 14.7. The number of carboxylic acid groups (broad SMARTS) is 1. The third-order valence-corrected chi connectivity index (χ3v) is 14.4. The molecule has 5 heteroatoms. The highest BCUT2D eigenvalue weighted by atomic mass is 79.9. The zero-order chi connectivity index (χ0) is 30.7. The minimum absolute atomic E-state index is 0.0325. The smallest absolute Gasteiger partial charge is 0.309 e. The number of halogens is 1. The van der Waals surface area contributed by atoms with Crippen molar-refractivity contribution in [1.29, 1.82) is 0 Å². The van der Waals surface area contributed by atoms with Gasteiger partial charge in [-0.1, -0.05) is 75.2 Å². The third kappa shape index (κ3) is 3.93. The summed E-state index contributed by atoms with van der Waals surface area (Å²) in [5.41, 5.74) is 1.00. The lowest BCUT2D eigenvalue weighted by Crippen LogP contribution is -2.66. The molecule has 1 N–H and O–H groups in total. The lowest BCUT2D eigenvalue weighted by molar-refractivity contribution is -0.183. The van der Waals surface area contributed by atoms with Gasteiger partial charge >= 0.3 is 5.97 Å². The average Bonchev–Trinajstić information content (AvgIpc) is 2.90. The maximum Gasteiger partial charge on any atom is 0.309 e. The second-order valence-electron chi connectivity index (χ2n) is 16.5. The number of benzene rings is 1. The van der Waals surface area contributed by atoms with Crippen molar-refractivity contribution < 1.29 is 19.5 Å². The maximum absolute atomic E-state index is 14.7. The van der Waals surface area contributed by atoms with Crippen molar-refractivity contribution in [2.45, 2.75) is 99.8 Å². The number of Topliss-reactive ketones (excluding diaryl/α,β-unsaturated/α-hetero) is 1. The van der Waals surface area contributed by atoms with E-state index < -0.39 is 16.8 Å². The Morgan fingerprint density at radius 3 is 2.21 bits per heavy atom. The van der Waals surface area contributed by atoms with Gasteiger partial charge in [-0.3, -0.25) is 14.4 Å². The zero-order valence-electron chi connectivity index (χ0n) is 26.4. The highest BCUT2D eigenvalue weighted by Gasteiger charge is 2.70. The Kier molecular flexibility index (Phi) is 6.62. The van der Waals surface area contributed by atoms with Crippen LogP contribution in [0.4, 0.5) is 0 Å². The van der Waals surface area contributed by atoms with Gasteiger partial charge in [-0.15, -0.1) is 0 Å². The van der Waals surface area contributed by atoms with Crippen molar-refractivity contribution in [3.05, 3.63) is 51.5 Å². The monoisotopic (exact) mass is 634 g/mol. The normalized spacial score (nSPS) is 45.3. The van der Waals surface area contributed by atoms with Crippen molar-refractivity contribution in [1.82, 2.24) is 0 Å². The molecule has 1 aromatic rings. The first-order valence-corrected chi connectivity index (χ1v) is 16.7. The third-order valence-electron chi connectivity index (χ3n) is 13.9. The van der Waals surface area contributed by atoms with E-state index in [1.807, 2.05) is 37.3 Å². The van der Waals surface area contributed by atoms with E-state index in [0.717, 1.165) is 47.7 Å². The molecule has 5 aliphatic rings. The van der Waals surface area contributed by atoms with Gasteiger partial charge in [0.1, 0.15) is 0 Å². The molecule has 0 radical (unpaired) electrons. The van der Waals surface area contributed by atoms with Gasteiger partial charge in [0.2, 0.25) is 0 Å². The molecule has 0 aliphatic heterocycles. The molecule has 8 atom stereocenters. The van der Waals surface area contributed by atoms with Crippen molar-refractivity contribution in [3.63, 3.8) is 0 Å². The molecule has 0 aromatic heterocycles. The Hall–Kier alpha value is -2.01. The van der Waals surface area contributed by atoms with E-state index in [0.29, 0.717) is 19.3 Å². The Morgan fingerprint density at radius 2 is 1.57 bits per heavy atom. The molecular weight excluding hydrogens is 588 g/mol. The fourth-order valence-electron chi connectivity index (χ4n) is 11.1. The average molecular weight is 636 g/mol. The highest BCUT2D eigenvalue weighted by molar-refractivity contribution is 9.10. The highest BCUT2D eigenvalue weighted by Crippen LogP contribution is 2.75. The lowest BCUT2D eigenvalue weighted by atomic mass is 9.33. The summed E-state index contributed by atoms with van der Waals surface area (Å²) in [5.74, 6) is -0.245. The molecule has 6 rings (SSSR count). The number of fused-ring (bicyclic) bond motifs is 7. The van der Waals surface area contributed by atoms with Crippen LogP contribution in [-0.2, 0) is 14.4 Å². The molecule has 4 nitrogen and oxygen atoms in total. The summed E-state index contributed by atoms with van der Waals surface area (Å²) in [6.45, 7) is 15.5. The summed E-state index contributed by atoms with van der Waals surface area (Å²) in [6, 6.07) is 8.07. The zero-order valence-corrected chi connectivity index (χ0v) is 28.0. The van der Waals surface area contributed by atoms with E-state index in [9.17, 15) is 19.5 Å². The van der Waals surface area contributed by atoms with Gasteiger partial charge in [-0.25, -0.2) is 0 Å². The molecule has 4 saturated carbocycles. The fourth-order valence-corrected chi connectivity index (χ4v) is 11.4. The van der Waals surface area contributed by atoms with Crippen LogP contribution < -0.4 is 0 Å². The molecule has 0 saturated heterocycles. The number of carbonyl (C=O) groups is 3. The molecule has 0 bridgehead atoms. The quantitative estimate of drug-likeness (QED) is 0.329. The standard InChI is InChI=1S/C37H47BrO4/c1-32(2)28-12-13-37(7)29(35(28,5)20-23(30(32)40)18-22-8-10-24(38)11-9-22)27(39)19-25-26-21-34(4,31(41)42)15-14-33(26,3)16-17-36(25,37)6/h8-11,18-19,26,28-29H,12-17,20-21H2,1-7H3,(H,41,42)/b23-18+/t26-,28-,29+,33+,34-,35-,36+,37+/m0/s1. The van der Waals surface area contributed by atoms with E-state index >= 15 is 0 Å². The Morgan fingerprint density at radius 1 is 0.929 bits per heavy atom. The molecule has 0 heterocycles. The molecule has 0 unspecified atom stereocenters. The van der Waals surface area contributed by atoms with Crippen LogP contribution in [0.15, 0.2) is 46.0 Å². The summed E-state index contributed by atoms with van der Waals surface area (Å²) >= 11 is 3.52. The van der Waals surface area contributed by atoms with Crippen molar-refractivity contribution >= 4 is 39.5 Å². The molecule has 0 spiro atoms. The summed E-state index contributed by atoms with van der Waals surface area (Å²) in [5, 5.41) is 10.2. The molecule has 1 aromatic carbocycles. The number of allylic oxidation sites excluding steroid dienone is 3. The van der Waals surface area contributed by atoms with Gasteiger partial charge in [0.15, 0.2) is 11.6 Å². The van der Waals surface area contributed by atoms with Crippen LogP contribution in [0, 0.1) is 50.2 Å². The largest absolute Gasteiger partial charge is 0.481 e. The van der Waals surface area contributed by atoms with Gasteiger partial charge < -0.3 is 5.11 Å². The van der Waals surface area contributed by atoms with Crippen LogP contribution in [0.2, 0.25) is 0 Å². The number of aliphatic carboxylic acids is 1. The van der Waals surface area contributed by atoms with E-state index in [1.165, 1.54) is 5.57 Å². The topological polar surface area (TPSA) is 71.4 Å². The molecule has 0 amide bonds. The fraction of sp³-hybridized carbons (Fsp3) is 0.649. The molecule has 226 valence electrons. The molecule has 4 fully saturated rings. The van der Waals surface area contributed by atoms with Crippen molar-refractivity contribution in [2.75, 3.05) is 0 Å². The number of carboxylic acids is 1. The second-order valence-corrected chi connectivity index (χ2v) is 17.4. The first-order chi connectivity index (χ1) is 19.4. The molecule has 42 heavy (non-hydrogen) atoms. The first kappa shape index (κ1) is 30.0. The van der Waals surface area contributed by atoms with Gasteiger partial charge in [-0.05, 0) is 127 Å². The van der Waals surface area contributed by atoms with Crippen LogP contribution in [0.1, 0.15) is 105 Å². The van der Waals surface area contributed by atoms with Crippen LogP contribution in [0.25, 0.3) is 6.08 Å². The summed E-state index contributed by atoms with van der Waals surface area (Å²) in [4.78, 5) is 41.1. The van der Waals surface area contributed by atoms with Gasteiger partial charge in [0.25, 0.3) is 0 Å². The minimum atomic E-state index is -0.756. The van der Waals surface area contributed by atoms with Crippen LogP contribution in [0.5, 0.6) is 0 Å². The summed E-state index contributed by atoms with van der Waals surface area (Å²) in [7, 11) is 0. The number of hydrogen-bond acceptors (Lipinski definition) is 3. The van der Waals surface area contributed by atoms with Crippen molar-refractivity contribution in [3.8, 4) is 0 Å². The number of hydrogen-bond donors (Lipinski definition) is 1. The lowest BCUT2D eigenvalue weighted by Gasteiger charge is -2.70. The van der Waals surface area contributed by atoms with E-state index in [2.05, 4.69) is 63.5 Å². The predicted octanol–water partition coefficient (Wildman–Crippen LogP) is 9.08. The Balaban J connectivity index is 1.46. The molecule has 5 aliphatic carbocycles. The minimum Gasteiger partial charge on any atom is -0.481 e. The van der Waals surface area contributed by atoms with E-state index in [4.69, 9.17) is 0 Å².